The summed E-state index contributed by atoms with van der Waals surface area (Å²) in [7, 11) is 3.39. The summed E-state index contributed by atoms with van der Waals surface area (Å²) < 4.78 is 64.1. The van der Waals surface area contributed by atoms with Crippen LogP contribution in [0, 0.1) is 25.5 Å². The molecule has 0 radical (unpaired) electrons. The van der Waals surface area contributed by atoms with E-state index >= 15 is 0 Å². The van der Waals surface area contributed by atoms with Crippen molar-refractivity contribution in [1.29, 1.82) is 0 Å². The first-order valence-electron chi connectivity index (χ1n) is 23.8. The quantitative estimate of drug-likeness (QED) is 0.0861. The van der Waals surface area contributed by atoms with E-state index in [9.17, 15) is 23.5 Å². The van der Waals surface area contributed by atoms with Crippen molar-refractivity contribution < 1.29 is 47.0 Å². The number of aromatic carboxylic acids is 1. The molecule has 74 heavy (non-hydrogen) atoms. The van der Waals surface area contributed by atoms with Gasteiger partial charge in [-0.15, -0.1) is 0 Å². The van der Waals surface area contributed by atoms with Crippen LogP contribution in [0.5, 0.6) is 11.5 Å². The smallest absolute Gasteiger partial charge is 0.493 e. The number of ether oxygens (including phenoxy) is 3. The molecule has 3 aliphatic rings. The molecule has 1 saturated heterocycles. The lowest BCUT2D eigenvalue weighted by molar-refractivity contribution is 0.00578. The highest BCUT2D eigenvalue weighted by Gasteiger charge is 2.52. The summed E-state index contributed by atoms with van der Waals surface area (Å²) in [5.74, 6) is -0.0807. The third-order valence-electron chi connectivity index (χ3n) is 13.2. The van der Waals surface area contributed by atoms with Gasteiger partial charge in [-0.25, -0.2) is 38.3 Å². The highest BCUT2D eigenvalue weighted by Crippen LogP contribution is 2.37. The molecule has 9 heterocycles. The van der Waals surface area contributed by atoms with E-state index in [1.807, 2.05) is 37.7 Å². The highest BCUT2D eigenvalue weighted by atomic mass is 79.9. The van der Waals surface area contributed by atoms with Crippen LogP contribution in [0.3, 0.4) is 0 Å². The van der Waals surface area contributed by atoms with E-state index < -0.39 is 11.9 Å². The van der Waals surface area contributed by atoms with Crippen LogP contribution in [-0.2, 0) is 54.1 Å². The number of rotatable bonds is 11. The molecule has 386 valence electrons. The number of carboxylic acids is 1. The van der Waals surface area contributed by atoms with Crippen molar-refractivity contribution in [3.8, 4) is 22.8 Å². The Bertz CT molecular complexity index is 3450. The van der Waals surface area contributed by atoms with E-state index in [0.717, 1.165) is 33.8 Å². The molecule has 20 nitrogen and oxygen atoms in total. The summed E-state index contributed by atoms with van der Waals surface area (Å²) in [6, 6.07) is 9.96. The topological polar surface area (TPSA) is 221 Å². The third-order valence-corrected chi connectivity index (χ3v) is 13.7. The number of aromatic nitrogens is 10. The molecule has 3 aliphatic heterocycles. The number of aryl methyl sites for hydroxylation is 4. The fourth-order valence-electron chi connectivity index (χ4n) is 8.80. The van der Waals surface area contributed by atoms with Crippen LogP contribution in [0.4, 0.5) is 20.7 Å². The predicted octanol–water partition coefficient (Wildman–Crippen LogP) is 7.20. The van der Waals surface area contributed by atoms with Crippen molar-refractivity contribution in [3.05, 3.63) is 122 Å². The number of carbonyl (C=O) groups is 2. The van der Waals surface area contributed by atoms with E-state index in [1.165, 1.54) is 18.3 Å². The van der Waals surface area contributed by atoms with Crippen molar-refractivity contribution in [1.82, 2.24) is 48.3 Å². The molecule has 1 fully saturated rings. The second-order valence-corrected chi connectivity index (χ2v) is 19.6. The molecule has 2 aromatic carbocycles. The number of hydrogen-bond donors (Lipinski definition) is 3. The number of hydrogen-bond acceptors (Lipinski definition) is 15. The van der Waals surface area contributed by atoms with E-state index in [-0.39, 0.29) is 61.0 Å². The summed E-state index contributed by atoms with van der Waals surface area (Å²) in [5, 5.41) is 24.4. The average molecular weight is 1080 g/mol. The number of nitrogens with one attached hydrogen (secondary N) is 2. The molecule has 0 amide bonds. The van der Waals surface area contributed by atoms with Crippen LogP contribution < -0.4 is 25.7 Å². The molecule has 0 aliphatic carbocycles. The average Bonchev–Trinajstić information content (AvgIpc) is 4.22. The Morgan fingerprint density at radius 1 is 0.784 bits per heavy atom. The Labute approximate surface area is 432 Å². The summed E-state index contributed by atoms with van der Waals surface area (Å²) in [4.78, 5) is 40.9. The van der Waals surface area contributed by atoms with Crippen molar-refractivity contribution in [2.45, 2.75) is 85.6 Å². The molecule has 8 aromatic rings. The molecule has 0 bridgehead atoms. The molecular formula is C50H54BBrF2N12O8. The molecule has 0 unspecified atom stereocenters. The second kappa shape index (κ2) is 20.5. The maximum atomic E-state index is 14.5. The first-order valence-corrected chi connectivity index (χ1v) is 24.6. The van der Waals surface area contributed by atoms with E-state index in [4.69, 9.17) is 23.5 Å². The van der Waals surface area contributed by atoms with Gasteiger partial charge in [0.1, 0.15) is 23.1 Å². The Morgan fingerprint density at radius 2 is 1.31 bits per heavy atom. The molecule has 11 rings (SSSR count). The lowest BCUT2D eigenvalue weighted by atomic mass is 9.84. The van der Waals surface area contributed by atoms with Crippen LogP contribution in [0.1, 0.15) is 89.2 Å². The van der Waals surface area contributed by atoms with Gasteiger partial charge < -0.3 is 39.3 Å². The maximum absolute atomic E-state index is 14.5. The predicted molar refractivity (Wildman–Crippen MR) is 273 cm³/mol. The minimum Gasteiger partial charge on any atom is -0.493 e. The summed E-state index contributed by atoms with van der Waals surface area (Å²) in [5.41, 5.74) is 7.32. The zero-order valence-electron chi connectivity index (χ0n) is 42.2. The van der Waals surface area contributed by atoms with Gasteiger partial charge in [0.2, 0.25) is 11.9 Å². The second-order valence-electron chi connectivity index (χ2n) is 18.7. The molecule has 0 atom stereocenters. The standard InChI is InChI=1S/C21H19FN6O3.C18H16BrFN4O3.C11H19BN2O2/c1-11-7-17(27(2)26-11)14-9-24-21(28-10-16(20(29)30)25-19(14)28)23-8-13-12-5-6-31-18(12)4-3-15(13)22;1-2-26-17(25)14-9-24-16(23-14)12(19)8-22-18(24)21-7-11-10-5-6-27-15(10)4-3-13(11)20;1-8-7-9(14(6)13-8)12-15-10(2,3)11(4,5)16-12/h3-4,7,9-10H,5-6,8H2,1-2H3,(H,23,24)(H,29,30);3-4,8-9H,2,5-7H2,1H3,(H,21,22);7H,1-6H3. The molecule has 24 heteroatoms. The van der Waals surface area contributed by atoms with Crippen molar-refractivity contribution in [2.75, 3.05) is 30.5 Å². The van der Waals surface area contributed by atoms with E-state index in [0.29, 0.717) is 81.9 Å². The summed E-state index contributed by atoms with van der Waals surface area (Å²) in [6.07, 6.45) is 7.44. The Kier molecular flexibility index (Phi) is 14.2. The van der Waals surface area contributed by atoms with Crippen LogP contribution in [0.25, 0.3) is 22.6 Å². The van der Waals surface area contributed by atoms with Gasteiger partial charge in [-0.2, -0.15) is 10.2 Å². The third kappa shape index (κ3) is 10.1. The Hall–Kier alpha value is -7.44. The molecule has 3 N–H and O–H groups in total. The molecule has 0 spiro atoms. The van der Waals surface area contributed by atoms with Gasteiger partial charge in [0.25, 0.3) is 0 Å². The normalized spacial score (nSPS) is 14.9. The van der Waals surface area contributed by atoms with E-state index in [2.05, 4.69) is 84.4 Å². The first-order chi connectivity index (χ1) is 35.2. The van der Waals surface area contributed by atoms with Gasteiger partial charge in [-0.1, -0.05) is 0 Å². The maximum Gasteiger partial charge on any atom is 0.514 e. The van der Waals surface area contributed by atoms with Crippen molar-refractivity contribution in [3.63, 3.8) is 0 Å². The zero-order valence-corrected chi connectivity index (χ0v) is 43.8. The fraction of sp³-hybridized carbons (Fsp3) is 0.360. The van der Waals surface area contributed by atoms with Crippen molar-refractivity contribution >= 4 is 63.8 Å². The molecule has 6 aromatic heterocycles. The highest BCUT2D eigenvalue weighted by molar-refractivity contribution is 9.10. The number of imidazole rings is 2. The van der Waals surface area contributed by atoms with Gasteiger partial charge in [0, 0.05) is 87.1 Å². The number of fused-ring (bicyclic) bond motifs is 4. The van der Waals surface area contributed by atoms with Gasteiger partial charge in [-0.05, 0) is 101 Å². The van der Waals surface area contributed by atoms with Gasteiger partial charge >= 0.3 is 19.1 Å². The number of halogens is 3. The van der Waals surface area contributed by atoms with Crippen LogP contribution in [-0.4, -0.2) is 103 Å². The van der Waals surface area contributed by atoms with E-state index in [1.54, 1.807) is 58.2 Å². The Balaban J connectivity index is 0.000000143. The minimum atomic E-state index is -1.15. The summed E-state index contributed by atoms with van der Waals surface area (Å²) in [6.45, 7) is 15.5. The lowest BCUT2D eigenvalue weighted by Gasteiger charge is -2.32. The summed E-state index contributed by atoms with van der Waals surface area (Å²) >= 11 is 3.38. The van der Waals surface area contributed by atoms with Crippen LogP contribution in [0.15, 0.2) is 65.7 Å². The first kappa shape index (κ1) is 51.5. The molecule has 0 saturated carbocycles. The largest absolute Gasteiger partial charge is 0.514 e. The number of anilines is 2. The van der Waals surface area contributed by atoms with Crippen LogP contribution >= 0.6 is 15.9 Å². The molecular weight excluding hydrogens is 1030 g/mol. The van der Waals surface area contributed by atoms with Gasteiger partial charge in [-0.3, -0.25) is 18.2 Å². The van der Waals surface area contributed by atoms with Crippen LogP contribution in [0.2, 0.25) is 0 Å². The number of esters is 1. The Morgan fingerprint density at radius 3 is 1.84 bits per heavy atom. The monoisotopic (exact) mass is 1080 g/mol. The SMILES string of the molecule is CCOC(=O)c1cn2c(NCc3c(F)ccc4c3CCO4)ncc(Br)c2n1.Cc1cc(-c2cnc(NCc3c(F)ccc4c3CCO4)n3cc(C(=O)O)nc23)n(C)n1.Cc1cc(B2OC(C)(C)C(C)(C)O2)n(C)n1. The fourth-order valence-corrected chi connectivity index (χ4v) is 9.18. The number of carboxylic acid groups (broad SMARTS) is 1. The minimum absolute atomic E-state index is 0.114. The van der Waals surface area contributed by atoms with Gasteiger partial charge in [0.15, 0.2) is 22.7 Å². The number of nitrogens with zero attached hydrogens (tertiary/aromatic N) is 10. The van der Waals surface area contributed by atoms with Gasteiger partial charge in [0.05, 0.1) is 63.7 Å². The number of carbonyl (C=O) groups excluding carboxylic acids is 1. The lowest BCUT2D eigenvalue weighted by Crippen LogP contribution is -2.41. The number of benzene rings is 2. The zero-order chi connectivity index (χ0) is 52.8. The van der Waals surface area contributed by atoms with Crippen molar-refractivity contribution in [2.24, 2.45) is 14.1 Å².